The van der Waals surface area contributed by atoms with Gasteiger partial charge >= 0.3 is 0 Å². The zero-order valence-corrected chi connectivity index (χ0v) is 12.3. The van der Waals surface area contributed by atoms with Crippen molar-refractivity contribution in [3.8, 4) is 5.75 Å². The molecule has 0 fully saturated rings. The third-order valence-corrected chi connectivity index (χ3v) is 4.01. The summed E-state index contributed by atoms with van der Waals surface area (Å²) in [6.07, 6.45) is 2.94. The van der Waals surface area contributed by atoms with E-state index in [1.807, 2.05) is 12.1 Å². The fourth-order valence-electron chi connectivity index (χ4n) is 2.83. The number of aryl methyl sites for hydroxylation is 1. The second-order valence-electron chi connectivity index (χ2n) is 5.17. The van der Waals surface area contributed by atoms with Crippen molar-refractivity contribution in [2.24, 2.45) is 5.73 Å². The second-order valence-corrected chi connectivity index (χ2v) is 5.61. The van der Waals surface area contributed by atoms with Crippen LogP contribution in [0.3, 0.4) is 0 Å². The number of benzene rings is 2. The first kappa shape index (κ1) is 14.0. The van der Waals surface area contributed by atoms with Gasteiger partial charge in [0.25, 0.3) is 0 Å². The Labute approximate surface area is 128 Å². The minimum absolute atomic E-state index is 0.0206. The lowest BCUT2D eigenvalue weighted by Crippen LogP contribution is -2.19. The predicted octanol–water partition coefficient (Wildman–Crippen LogP) is 3.92. The first-order valence-electron chi connectivity index (χ1n) is 6.99. The summed E-state index contributed by atoms with van der Waals surface area (Å²) in [5.74, 6) is -0.0201. The molecule has 0 aromatic heterocycles. The Kier molecular flexibility index (Phi) is 3.88. The van der Waals surface area contributed by atoms with Crippen LogP contribution in [0.15, 0.2) is 42.5 Å². The summed E-state index contributed by atoms with van der Waals surface area (Å²) >= 11 is 4.94. The van der Waals surface area contributed by atoms with Gasteiger partial charge in [0.05, 0.1) is 5.56 Å². The predicted molar refractivity (Wildman–Crippen MR) is 85.0 cm³/mol. The highest BCUT2D eigenvalue weighted by molar-refractivity contribution is 7.80. The topological polar surface area (TPSA) is 35.2 Å². The largest absolute Gasteiger partial charge is 0.485 e. The molecule has 1 aliphatic rings. The van der Waals surface area contributed by atoms with Gasteiger partial charge in [-0.2, -0.15) is 0 Å². The molecule has 2 aromatic rings. The Morgan fingerprint density at radius 2 is 2.00 bits per heavy atom. The molecule has 108 valence electrons. The van der Waals surface area contributed by atoms with Gasteiger partial charge in [0.2, 0.25) is 0 Å². The minimum atomic E-state index is -0.441. The molecule has 2 nitrogen and oxygen atoms in total. The number of nitrogens with two attached hydrogens (primary N) is 1. The monoisotopic (exact) mass is 301 g/mol. The van der Waals surface area contributed by atoms with E-state index in [4.69, 9.17) is 22.7 Å². The van der Waals surface area contributed by atoms with Crippen molar-refractivity contribution >= 4 is 17.2 Å². The van der Waals surface area contributed by atoms with E-state index in [-0.39, 0.29) is 16.7 Å². The van der Waals surface area contributed by atoms with Crippen molar-refractivity contribution < 1.29 is 9.13 Å². The van der Waals surface area contributed by atoms with Crippen LogP contribution in [0.5, 0.6) is 5.75 Å². The smallest absolute Gasteiger partial charge is 0.137 e. The molecule has 1 aliphatic carbocycles. The van der Waals surface area contributed by atoms with E-state index in [9.17, 15) is 4.39 Å². The molecular formula is C17H16FNOS. The molecule has 1 atom stereocenters. The van der Waals surface area contributed by atoms with Crippen molar-refractivity contribution in [3.63, 3.8) is 0 Å². The van der Waals surface area contributed by atoms with E-state index in [2.05, 4.69) is 12.1 Å². The standard InChI is InChI=1S/C17H16FNOS/c18-13-8-4-10-15(16(13)17(19)21)20-14-9-3-6-11-5-1-2-7-12(11)14/h1-2,4-5,7-8,10,14H,3,6,9H2,(H2,19,21). The van der Waals surface area contributed by atoms with Gasteiger partial charge in [-0.1, -0.05) is 42.5 Å². The lowest BCUT2D eigenvalue weighted by atomic mass is 9.89. The van der Waals surface area contributed by atoms with Crippen molar-refractivity contribution in [2.75, 3.05) is 0 Å². The molecule has 0 radical (unpaired) electrons. The van der Waals surface area contributed by atoms with Crippen LogP contribution in [0.25, 0.3) is 0 Å². The summed E-state index contributed by atoms with van der Waals surface area (Å²) in [6.45, 7) is 0. The molecule has 0 bridgehead atoms. The molecule has 1 unspecified atom stereocenters. The van der Waals surface area contributed by atoms with E-state index in [0.717, 1.165) is 19.3 Å². The summed E-state index contributed by atoms with van der Waals surface area (Å²) < 4.78 is 20.0. The zero-order chi connectivity index (χ0) is 14.8. The highest BCUT2D eigenvalue weighted by atomic mass is 32.1. The van der Waals surface area contributed by atoms with Gasteiger partial charge in [0.1, 0.15) is 22.7 Å². The molecule has 21 heavy (non-hydrogen) atoms. The Hall–Kier alpha value is -1.94. The summed E-state index contributed by atoms with van der Waals surface area (Å²) in [7, 11) is 0. The summed E-state index contributed by atoms with van der Waals surface area (Å²) in [6, 6.07) is 12.9. The van der Waals surface area contributed by atoms with E-state index in [1.165, 1.54) is 17.2 Å². The van der Waals surface area contributed by atoms with Crippen LogP contribution < -0.4 is 10.5 Å². The van der Waals surface area contributed by atoms with Gasteiger partial charge in [-0.3, -0.25) is 0 Å². The Balaban J connectivity index is 1.96. The molecule has 0 spiro atoms. The highest BCUT2D eigenvalue weighted by Crippen LogP contribution is 2.35. The number of rotatable bonds is 3. The van der Waals surface area contributed by atoms with Crippen LogP contribution in [0.1, 0.15) is 35.6 Å². The van der Waals surface area contributed by atoms with Crippen LogP contribution in [-0.4, -0.2) is 4.99 Å². The number of hydrogen-bond donors (Lipinski definition) is 1. The Bertz CT molecular complexity index is 686. The molecule has 2 aromatic carbocycles. The molecule has 3 rings (SSSR count). The maximum Gasteiger partial charge on any atom is 0.137 e. The molecular weight excluding hydrogens is 285 g/mol. The van der Waals surface area contributed by atoms with Gasteiger partial charge in [-0.15, -0.1) is 0 Å². The minimum Gasteiger partial charge on any atom is -0.485 e. The van der Waals surface area contributed by atoms with E-state index < -0.39 is 5.82 Å². The highest BCUT2D eigenvalue weighted by Gasteiger charge is 2.23. The quantitative estimate of drug-likeness (QED) is 0.873. The number of ether oxygens (including phenoxy) is 1. The van der Waals surface area contributed by atoms with Crippen LogP contribution in [0.2, 0.25) is 0 Å². The number of hydrogen-bond acceptors (Lipinski definition) is 2. The van der Waals surface area contributed by atoms with Gasteiger partial charge in [-0.25, -0.2) is 4.39 Å². The first-order valence-corrected chi connectivity index (χ1v) is 7.40. The maximum atomic E-state index is 13.9. The van der Waals surface area contributed by atoms with Crippen molar-refractivity contribution in [1.29, 1.82) is 0 Å². The average molecular weight is 301 g/mol. The van der Waals surface area contributed by atoms with Gasteiger partial charge < -0.3 is 10.5 Å². The van der Waals surface area contributed by atoms with E-state index >= 15 is 0 Å². The molecule has 0 aliphatic heterocycles. The van der Waals surface area contributed by atoms with Crippen LogP contribution >= 0.6 is 12.2 Å². The number of thiocarbonyl (C=S) groups is 1. The van der Waals surface area contributed by atoms with Crippen LogP contribution in [0.4, 0.5) is 4.39 Å². The molecule has 0 saturated carbocycles. The third-order valence-electron chi connectivity index (χ3n) is 3.81. The van der Waals surface area contributed by atoms with Gasteiger partial charge in [0, 0.05) is 0 Å². The van der Waals surface area contributed by atoms with Gasteiger partial charge in [0.15, 0.2) is 0 Å². The lowest BCUT2D eigenvalue weighted by molar-refractivity contribution is 0.182. The Morgan fingerprint density at radius 1 is 1.19 bits per heavy atom. The van der Waals surface area contributed by atoms with E-state index in [1.54, 1.807) is 12.1 Å². The maximum absolute atomic E-state index is 13.9. The van der Waals surface area contributed by atoms with Crippen molar-refractivity contribution in [1.82, 2.24) is 0 Å². The zero-order valence-electron chi connectivity index (χ0n) is 11.5. The summed E-state index contributed by atoms with van der Waals surface area (Å²) in [5, 5.41) is 0. The normalized spacial score (nSPS) is 17.1. The fourth-order valence-corrected chi connectivity index (χ4v) is 3.02. The van der Waals surface area contributed by atoms with Crippen LogP contribution in [-0.2, 0) is 6.42 Å². The average Bonchev–Trinajstić information content (AvgIpc) is 2.47. The SMILES string of the molecule is NC(=S)c1c(F)cccc1OC1CCCc2ccccc21. The first-order chi connectivity index (χ1) is 10.2. The van der Waals surface area contributed by atoms with E-state index in [0.29, 0.717) is 5.75 Å². The second kappa shape index (κ2) is 5.82. The van der Waals surface area contributed by atoms with Crippen LogP contribution in [0, 0.1) is 5.82 Å². The lowest BCUT2D eigenvalue weighted by Gasteiger charge is -2.27. The Morgan fingerprint density at radius 3 is 2.81 bits per heavy atom. The summed E-state index contributed by atoms with van der Waals surface area (Å²) in [5.41, 5.74) is 8.28. The molecule has 0 heterocycles. The number of halogens is 1. The van der Waals surface area contributed by atoms with Crippen molar-refractivity contribution in [2.45, 2.75) is 25.4 Å². The van der Waals surface area contributed by atoms with Gasteiger partial charge in [-0.05, 0) is 42.5 Å². The fraction of sp³-hybridized carbons (Fsp3) is 0.235. The molecule has 2 N–H and O–H groups in total. The number of fused-ring (bicyclic) bond motifs is 1. The van der Waals surface area contributed by atoms with Crippen molar-refractivity contribution in [3.05, 3.63) is 65.0 Å². The third kappa shape index (κ3) is 2.76. The molecule has 0 saturated heterocycles. The molecule has 0 amide bonds. The summed E-state index contributed by atoms with van der Waals surface area (Å²) in [4.78, 5) is 0.0206. The molecule has 4 heteroatoms.